The van der Waals surface area contributed by atoms with Crippen molar-refractivity contribution < 1.29 is 0 Å². The molecule has 2 heterocycles. The van der Waals surface area contributed by atoms with Crippen LogP contribution < -0.4 is 0 Å². The van der Waals surface area contributed by atoms with Crippen molar-refractivity contribution in [2.75, 3.05) is 0 Å². The maximum Gasteiger partial charge on any atom is 0.139 e. The van der Waals surface area contributed by atoms with E-state index in [0.29, 0.717) is 5.15 Å². The van der Waals surface area contributed by atoms with Gasteiger partial charge in [0.25, 0.3) is 0 Å². The second-order valence-corrected chi connectivity index (χ2v) is 3.83. The maximum atomic E-state index is 6.00. The quantitative estimate of drug-likeness (QED) is 0.652. The van der Waals surface area contributed by atoms with E-state index in [4.69, 9.17) is 11.6 Å². The first-order chi connectivity index (χ1) is 5.68. The van der Waals surface area contributed by atoms with E-state index in [-0.39, 0.29) is 0 Å². The van der Waals surface area contributed by atoms with Crippen molar-refractivity contribution in [3.8, 4) is 0 Å². The van der Waals surface area contributed by atoms with Crippen molar-refractivity contribution in [3.63, 3.8) is 0 Å². The third-order valence-corrected chi connectivity index (χ3v) is 2.50. The molecule has 0 saturated carbocycles. The van der Waals surface area contributed by atoms with E-state index in [1.807, 2.05) is 23.5 Å². The molecular formula is C8H6BrClN2. The van der Waals surface area contributed by atoms with Gasteiger partial charge in [0.1, 0.15) is 15.4 Å². The molecule has 0 saturated heterocycles. The third kappa shape index (κ3) is 1.13. The molecule has 0 radical (unpaired) electrons. The van der Waals surface area contributed by atoms with Crippen LogP contribution in [0.1, 0.15) is 5.56 Å². The number of hydrogen-bond acceptors (Lipinski definition) is 1. The Hall–Kier alpha value is -0.540. The molecule has 0 amide bonds. The topological polar surface area (TPSA) is 17.3 Å². The van der Waals surface area contributed by atoms with Crippen LogP contribution in [-0.4, -0.2) is 9.38 Å². The van der Waals surface area contributed by atoms with Crippen molar-refractivity contribution in [2.45, 2.75) is 6.92 Å². The van der Waals surface area contributed by atoms with Gasteiger partial charge >= 0.3 is 0 Å². The molecule has 12 heavy (non-hydrogen) atoms. The van der Waals surface area contributed by atoms with E-state index in [0.717, 1.165) is 15.8 Å². The first-order valence-corrected chi connectivity index (χ1v) is 4.64. The number of hydrogen-bond donors (Lipinski definition) is 0. The van der Waals surface area contributed by atoms with Crippen molar-refractivity contribution in [2.24, 2.45) is 0 Å². The number of pyridine rings is 1. The Labute approximate surface area is 83.3 Å². The molecule has 4 heteroatoms. The lowest BCUT2D eigenvalue weighted by molar-refractivity contribution is 1.14. The molecule has 62 valence electrons. The Kier molecular flexibility index (Phi) is 1.85. The summed E-state index contributed by atoms with van der Waals surface area (Å²) >= 11 is 9.36. The average Bonchev–Trinajstić information content (AvgIpc) is 2.31. The summed E-state index contributed by atoms with van der Waals surface area (Å²) in [6, 6.07) is 3.89. The summed E-state index contributed by atoms with van der Waals surface area (Å²) in [6.07, 6.45) is 1.74. The number of rotatable bonds is 0. The number of aromatic nitrogens is 2. The van der Waals surface area contributed by atoms with Crippen LogP contribution in [0.2, 0.25) is 5.15 Å². The van der Waals surface area contributed by atoms with E-state index in [1.54, 1.807) is 6.20 Å². The molecule has 0 N–H and O–H groups in total. The molecular weight excluding hydrogens is 239 g/mol. The van der Waals surface area contributed by atoms with E-state index in [1.165, 1.54) is 0 Å². The number of nitrogens with zero attached hydrogens (tertiary/aromatic N) is 2. The highest BCUT2D eigenvalue weighted by Crippen LogP contribution is 2.20. The molecule has 2 nitrogen and oxygen atoms in total. The monoisotopic (exact) mass is 244 g/mol. The van der Waals surface area contributed by atoms with E-state index in [9.17, 15) is 0 Å². The Balaban J connectivity index is 2.93. The van der Waals surface area contributed by atoms with Crippen LogP contribution >= 0.6 is 27.5 Å². The molecule has 0 aliphatic heterocycles. The highest BCUT2D eigenvalue weighted by molar-refractivity contribution is 9.10. The SMILES string of the molecule is Cc1cc(Cl)n2c(Br)cnc2c1. The molecule has 0 aliphatic rings. The Morgan fingerprint density at radius 2 is 2.25 bits per heavy atom. The van der Waals surface area contributed by atoms with Gasteiger partial charge in [0.05, 0.1) is 6.20 Å². The first-order valence-electron chi connectivity index (χ1n) is 3.47. The Morgan fingerprint density at radius 1 is 1.50 bits per heavy atom. The number of fused-ring (bicyclic) bond motifs is 1. The average molecular weight is 246 g/mol. The molecule has 2 rings (SSSR count). The smallest absolute Gasteiger partial charge is 0.139 e. The number of aryl methyl sites for hydroxylation is 1. The second kappa shape index (κ2) is 2.75. The standard InChI is InChI=1S/C8H6BrClN2/c1-5-2-7(10)12-6(9)4-11-8(12)3-5/h2-4H,1H3. The van der Waals surface area contributed by atoms with Crippen molar-refractivity contribution in [3.05, 3.63) is 33.6 Å². The third-order valence-electron chi connectivity index (χ3n) is 1.66. The lowest BCUT2D eigenvalue weighted by atomic mass is 10.3. The lowest BCUT2D eigenvalue weighted by Gasteiger charge is -2.00. The highest BCUT2D eigenvalue weighted by atomic mass is 79.9. The fraction of sp³-hybridized carbons (Fsp3) is 0.125. The minimum atomic E-state index is 0.675. The minimum Gasteiger partial charge on any atom is -0.277 e. The van der Waals surface area contributed by atoms with Crippen LogP contribution in [0.5, 0.6) is 0 Å². The molecule has 0 unspecified atom stereocenters. The second-order valence-electron chi connectivity index (χ2n) is 2.63. The van der Waals surface area contributed by atoms with Gasteiger partial charge < -0.3 is 0 Å². The summed E-state index contributed by atoms with van der Waals surface area (Å²) in [7, 11) is 0. The molecule has 2 aromatic rings. The maximum absolute atomic E-state index is 6.00. The lowest BCUT2D eigenvalue weighted by Crippen LogP contribution is -1.87. The summed E-state index contributed by atoms with van der Waals surface area (Å²) in [5.74, 6) is 0. The van der Waals surface area contributed by atoms with Gasteiger partial charge in [-0.15, -0.1) is 0 Å². The molecule has 0 fully saturated rings. The first kappa shape index (κ1) is 8.08. The van der Waals surface area contributed by atoms with Crippen molar-refractivity contribution in [1.82, 2.24) is 9.38 Å². The summed E-state index contributed by atoms with van der Waals surface area (Å²) in [5.41, 5.74) is 1.98. The van der Waals surface area contributed by atoms with Gasteiger partial charge in [0.15, 0.2) is 0 Å². The summed E-state index contributed by atoms with van der Waals surface area (Å²) in [4.78, 5) is 4.17. The Bertz CT molecular complexity index is 436. The molecule has 2 aromatic heterocycles. The summed E-state index contributed by atoms with van der Waals surface area (Å²) in [5, 5.41) is 0.675. The number of halogens is 2. The zero-order valence-corrected chi connectivity index (χ0v) is 8.72. The van der Waals surface area contributed by atoms with Gasteiger partial charge in [-0.1, -0.05) is 11.6 Å². The fourth-order valence-corrected chi connectivity index (χ4v) is 2.08. The summed E-state index contributed by atoms with van der Waals surface area (Å²) in [6.45, 7) is 1.99. The van der Waals surface area contributed by atoms with Gasteiger partial charge in [-0.3, -0.25) is 4.40 Å². The molecule has 0 aliphatic carbocycles. The van der Waals surface area contributed by atoms with Gasteiger partial charge in [-0.25, -0.2) is 4.98 Å². The van der Waals surface area contributed by atoms with E-state index in [2.05, 4.69) is 20.9 Å². The Morgan fingerprint density at radius 3 is 3.00 bits per heavy atom. The zero-order valence-electron chi connectivity index (χ0n) is 6.38. The van der Waals surface area contributed by atoms with Crippen molar-refractivity contribution in [1.29, 1.82) is 0 Å². The molecule has 0 atom stereocenters. The van der Waals surface area contributed by atoms with E-state index >= 15 is 0 Å². The van der Waals surface area contributed by atoms with Gasteiger partial charge in [-0.2, -0.15) is 0 Å². The predicted molar refractivity (Wildman–Crippen MR) is 52.6 cm³/mol. The van der Waals surface area contributed by atoms with E-state index < -0.39 is 0 Å². The van der Waals surface area contributed by atoms with Crippen LogP contribution in [0.25, 0.3) is 5.65 Å². The van der Waals surface area contributed by atoms with Crippen LogP contribution in [0.3, 0.4) is 0 Å². The highest BCUT2D eigenvalue weighted by Gasteiger charge is 2.03. The number of imidazole rings is 1. The van der Waals surface area contributed by atoms with Crippen LogP contribution in [0, 0.1) is 6.92 Å². The van der Waals surface area contributed by atoms with Crippen LogP contribution in [0.15, 0.2) is 22.9 Å². The van der Waals surface area contributed by atoms with Crippen LogP contribution in [0.4, 0.5) is 0 Å². The largest absolute Gasteiger partial charge is 0.277 e. The van der Waals surface area contributed by atoms with Gasteiger partial charge in [0.2, 0.25) is 0 Å². The minimum absolute atomic E-state index is 0.675. The fourth-order valence-electron chi connectivity index (χ4n) is 1.16. The normalized spacial score (nSPS) is 10.9. The van der Waals surface area contributed by atoms with Gasteiger partial charge in [0, 0.05) is 0 Å². The molecule has 0 bridgehead atoms. The van der Waals surface area contributed by atoms with Crippen LogP contribution in [-0.2, 0) is 0 Å². The summed E-state index contributed by atoms with van der Waals surface area (Å²) < 4.78 is 2.72. The molecule has 0 spiro atoms. The molecule has 0 aromatic carbocycles. The zero-order chi connectivity index (χ0) is 8.72. The van der Waals surface area contributed by atoms with Crippen molar-refractivity contribution >= 4 is 33.2 Å². The van der Waals surface area contributed by atoms with Gasteiger partial charge in [-0.05, 0) is 40.5 Å². The predicted octanol–water partition coefficient (Wildman–Crippen LogP) is 3.06.